The number of hydrogen-bond donors (Lipinski definition) is 1. The van der Waals surface area contributed by atoms with Crippen molar-refractivity contribution in [1.29, 1.82) is 0 Å². The molecule has 0 unspecified atom stereocenters. The molecule has 0 saturated carbocycles. The molecule has 1 fully saturated rings. The van der Waals surface area contributed by atoms with Crippen molar-refractivity contribution < 1.29 is 9.47 Å². The monoisotopic (exact) mass is 395 g/mol. The van der Waals surface area contributed by atoms with Crippen LogP contribution in [0.1, 0.15) is 42.6 Å². The number of piperidine rings is 1. The molecule has 0 amide bonds. The molecule has 7 nitrogen and oxygen atoms in total. The lowest BCUT2D eigenvalue weighted by molar-refractivity contribution is 0.198. The van der Waals surface area contributed by atoms with E-state index in [0.717, 1.165) is 61.0 Å². The zero-order valence-electron chi connectivity index (χ0n) is 17.4. The third-order valence-electron chi connectivity index (χ3n) is 5.45. The molecule has 154 valence electrons. The molecule has 1 aromatic carbocycles. The summed E-state index contributed by atoms with van der Waals surface area (Å²) in [7, 11) is 1.68. The highest BCUT2D eigenvalue weighted by molar-refractivity contribution is 5.49. The molecule has 2 N–H and O–H groups in total. The number of ether oxygens (including phenoxy) is 2. The maximum absolute atomic E-state index is 6.23. The van der Waals surface area contributed by atoms with Gasteiger partial charge >= 0.3 is 0 Å². The van der Waals surface area contributed by atoms with Crippen LogP contribution in [0.5, 0.6) is 11.5 Å². The van der Waals surface area contributed by atoms with Gasteiger partial charge in [-0.1, -0.05) is 6.07 Å². The average Bonchev–Trinajstić information content (AvgIpc) is 3.10. The van der Waals surface area contributed by atoms with Crippen molar-refractivity contribution >= 4 is 11.5 Å². The van der Waals surface area contributed by atoms with E-state index < -0.39 is 0 Å². The number of aryl methyl sites for hydroxylation is 1. The summed E-state index contributed by atoms with van der Waals surface area (Å²) in [6, 6.07) is 10.2. The van der Waals surface area contributed by atoms with Crippen LogP contribution < -0.4 is 15.2 Å². The first kappa shape index (κ1) is 19.5. The molecule has 1 aliphatic rings. The van der Waals surface area contributed by atoms with Crippen molar-refractivity contribution in [3.8, 4) is 11.5 Å². The van der Waals surface area contributed by atoms with Crippen LogP contribution in [-0.4, -0.2) is 46.3 Å². The van der Waals surface area contributed by atoms with Crippen LogP contribution in [-0.2, 0) is 6.54 Å². The van der Waals surface area contributed by atoms with Gasteiger partial charge in [0, 0.05) is 31.1 Å². The van der Waals surface area contributed by atoms with Crippen molar-refractivity contribution in [1.82, 2.24) is 19.5 Å². The maximum Gasteiger partial charge on any atom is 0.161 e. The van der Waals surface area contributed by atoms with Gasteiger partial charge < -0.3 is 15.2 Å². The van der Waals surface area contributed by atoms with Gasteiger partial charge in [-0.2, -0.15) is 9.61 Å². The maximum atomic E-state index is 6.23. The minimum atomic E-state index is 0.371. The third kappa shape index (κ3) is 4.15. The zero-order chi connectivity index (χ0) is 20.4. The summed E-state index contributed by atoms with van der Waals surface area (Å²) in [6.45, 7) is 7.48. The summed E-state index contributed by atoms with van der Waals surface area (Å²) in [5.74, 6) is 2.59. The molecule has 0 spiro atoms. The van der Waals surface area contributed by atoms with Crippen LogP contribution in [0.25, 0.3) is 5.65 Å². The fourth-order valence-corrected chi connectivity index (χ4v) is 4.13. The second-order valence-electron chi connectivity index (χ2n) is 7.65. The van der Waals surface area contributed by atoms with Gasteiger partial charge in [-0.3, -0.25) is 4.90 Å². The number of benzene rings is 1. The Morgan fingerprint density at radius 3 is 2.86 bits per heavy atom. The molecule has 3 aromatic rings. The fourth-order valence-electron chi connectivity index (χ4n) is 4.13. The quantitative estimate of drug-likeness (QED) is 0.689. The van der Waals surface area contributed by atoms with Crippen LogP contribution in [0.15, 0.2) is 30.3 Å². The number of nitrogens with zero attached hydrogens (tertiary/aromatic N) is 4. The van der Waals surface area contributed by atoms with E-state index in [9.17, 15) is 0 Å². The van der Waals surface area contributed by atoms with E-state index in [0.29, 0.717) is 18.3 Å². The first-order valence-corrected chi connectivity index (χ1v) is 10.2. The second-order valence-corrected chi connectivity index (χ2v) is 7.65. The van der Waals surface area contributed by atoms with E-state index in [1.54, 1.807) is 11.6 Å². The predicted molar refractivity (Wildman–Crippen MR) is 114 cm³/mol. The van der Waals surface area contributed by atoms with Crippen LogP contribution in [0.3, 0.4) is 0 Å². The Labute approximate surface area is 171 Å². The Morgan fingerprint density at radius 2 is 2.07 bits per heavy atom. The Bertz CT molecular complexity index is 1000. The van der Waals surface area contributed by atoms with Crippen molar-refractivity contribution in [3.05, 3.63) is 47.3 Å². The topological polar surface area (TPSA) is 77.9 Å². The van der Waals surface area contributed by atoms with Crippen LogP contribution in [0.2, 0.25) is 0 Å². The molecule has 0 bridgehead atoms. The number of hydrogen-bond acceptors (Lipinski definition) is 6. The molecule has 29 heavy (non-hydrogen) atoms. The van der Waals surface area contributed by atoms with Crippen LogP contribution >= 0.6 is 0 Å². The van der Waals surface area contributed by atoms with Crippen molar-refractivity contribution in [2.75, 3.05) is 32.5 Å². The van der Waals surface area contributed by atoms with E-state index in [-0.39, 0.29) is 0 Å². The summed E-state index contributed by atoms with van der Waals surface area (Å²) in [5, 5.41) is 4.40. The molecular weight excluding hydrogens is 366 g/mol. The molecule has 3 heterocycles. The smallest absolute Gasteiger partial charge is 0.161 e. The Kier molecular flexibility index (Phi) is 5.58. The molecule has 1 atom stereocenters. The van der Waals surface area contributed by atoms with Gasteiger partial charge in [-0.25, -0.2) is 4.98 Å². The van der Waals surface area contributed by atoms with Gasteiger partial charge in [0.25, 0.3) is 0 Å². The number of aromatic nitrogens is 3. The number of rotatable bonds is 6. The molecule has 1 saturated heterocycles. The van der Waals surface area contributed by atoms with Gasteiger partial charge in [0.15, 0.2) is 17.1 Å². The van der Waals surface area contributed by atoms with E-state index in [1.807, 2.05) is 32.0 Å². The van der Waals surface area contributed by atoms with E-state index >= 15 is 0 Å². The highest BCUT2D eigenvalue weighted by Gasteiger charge is 2.24. The average molecular weight is 396 g/mol. The van der Waals surface area contributed by atoms with E-state index in [4.69, 9.17) is 20.2 Å². The summed E-state index contributed by atoms with van der Waals surface area (Å²) in [4.78, 5) is 7.32. The standard InChI is InChI=1S/C22H29N5O2/c1-4-29-19-8-7-16(11-20(19)28-3)13-26-9-5-6-17(14-26)18-12-21(23)27-22(24-18)10-15(2)25-27/h7-8,10-12,17H,4-6,9,13-14,23H2,1-3H3/t17-/m1/s1. The van der Waals surface area contributed by atoms with Gasteiger partial charge in [-0.15, -0.1) is 0 Å². The second kappa shape index (κ2) is 8.29. The Balaban J connectivity index is 1.50. The van der Waals surface area contributed by atoms with Crippen molar-refractivity contribution in [3.63, 3.8) is 0 Å². The molecule has 0 radical (unpaired) electrons. The Hall–Kier alpha value is -2.80. The molecule has 4 rings (SSSR count). The van der Waals surface area contributed by atoms with Crippen molar-refractivity contribution in [2.24, 2.45) is 0 Å². The van der Waals surface area contributed by atoms with Gasteiger partial charge in [-0.05, 0) is 50.9 Å². The summed E-state index contributed by atoms with van der Waals surface area (Å²) in [5.41, 5.74) is 10.3. The largest absolute Gasteiger partial charge is 0.493 e. The van der Waals surface area contributed by atoms with E-state index in [1.165, 1.54) is 5.56 Å². The lowest BCUT2D eigenvalue weighted by atomic mass is 9.94. The fraction of sp³-hybridized carbons (Fsp3) is 0.455. The molecule has 7 heteroatoms. The lowest BCUT2D eigenvalue weighted by Gasteiger charge is -2.32. The zero-order valence-corrected chi connectivity index (χ0v) is 17.4. The third-order valence-corrected chi connectivity index (χ3v) is 5.45. The van der Waals surface area contributed by atoms with Crippen LogP contribution in [0, 0.1) is 6.92 Å². The molecule has 2 aromatic heterocycles. The highest BCUT2D eigenvalue weighted by Crippen LogP contribution is 2.31. The summed E-state index contributed by atoms with van der Waals surface area (Å²) >= 11 is 0. The van der Waals surface area contributed by atoms with Gasteiger partial charge in [0.05, 0.1) is 25.1 Å². The number of nitrogens with two attached hydrogens (primary N) is 1. The first-order valence-electron chi connectivity index (χ1n) is 10.2. The number of likely N-dealkylation sites (tertiary alicyclic amines) is 1. The highest BCUT2D eigenvalue weighted by atomic mass is 16.5. The number of fused-ring (bicyclic) bond motifs is 1. The molecule has 0 aliphatic carbocycles. The van der Waals surface area contributed by atoms with Gasteiger partial charge in [0.1, 0.15) is 5.82 Å². The first-order chi connectivity index (χ1) is 14.1. The SMILES string of the molecule is CCOc1ccc(CN2CCC[C@@H](c3cc(N)n4nc(C)cc4n3)C2)cc1OC. The Morgan fingerprint density at radius 1 is 1.21 bits per heavy atom. The van der Waals surface area contributed by atoms with Gasteiger partial charge in [0.2, 0.25) is 0 Å². The normalized spacial score (nSPS) is 17.6. The number of methoxy groups -OCH3 is 1. The number of nitrogen functional groups attached to an aromatic ring is 1. The van der Waals surface area contributed by atoms with E-state index in [2.05, 4.69) is 22.1 Å². The molecule has 1 aliphatic heterocycles. The lowest BCUT2D eigenvalue weighted by Crippen LogP contribution is -2.34. The molecular formula is C22H29N5O2. The minimum absolute atomic E-state index is 0.371. The number of anilines is 1. The van der Waals surface area contributed by atoms with Crippen LogP contribution in [0.4, 0.5) is 5.82 Å². The predicted octanol–water partition coefficient (Wildman–Crippen LogP) is 3.41. The van der Waals surface area contributed by atoms with Crippen molar-refractivity contribution in [2.45, 2.75) is 39.2 Å². The summed E-state index contributed by atoms with van der Waals surface area (Å²) < 4.78 is 12.8. The minimum Gasteiger partial charge on any atom is -0.493 e. The summed E-state index contributed by atoms with van der Waals surface area (Å²) in [6.07, 6.45) is 2.27.